The number of hydrogen-bond acceptors (Lipinski definition) is 2. The second-order valence-corrected chi connectivity index (χ2v) is 6.22. The van der Waals surface area contributed by atoms with E-state index in [4.69, 9.17) is 5.73 Å². The maximum absolute atomic E-state index is 12.0. The fourth-order valence-electron chi connectivity index (χ4n) is 2.12. The van der Waals surface area contributed by atoms with E-state index in [9.17, 15) is 9.59 Å². The predicted molar refractivity (Wildman–Crippen MR) is 85.6 cm³/mol. The molecule has 0 aliphatic heterocycles. The molecule has 0 aromatic heterocycles. The number of aliphatic imine (C=N–C) groups is 1. The van der Waals surface area contributed by atoms with Gasteiger partial charge in [0.2, 0.25) is 5.91 Å². The number of carbonyl (C=O) groups excluding carboxylic acids is 2. The van der Waals surface area contributed by atoms with Crippen LogP contribution < -0.4 is 5.73 Å². The Balaban J connectivity index is 2.68. The fourth-order valence-corrected chi connectivity index (χ4v) is 2.12. The molecule has 0 bridgehead atoms. The van der Waals surface area contributed by atoms with Crippen molar-refractivity contribution >= 4 is 18.0 Å². The molecule has 0 aliphatic carbocycles. The molecule has 0 saturated heterocycles. The van der Waals surface area contributed by atoms with Crippen molar-refractivity contribution < 1.29 is 9.59 Å². The van der Waals surface area contributed by atoms with E-state index < -0.39 is 5.91 Å². The molecule has 0 spiro atoms. The Bertz CT molecular complexity index is 530. The zero-order valence-corrected chi connectivity index (χ0v) is 13.2. The smallest absolute Gasteiger partial charge is 0.276 e. The number of hydrogen-bond donors (Lipinski definition) is 1. The first-order valence-electron chi connectivity index (χ1n) is 7.23. The lowest BCUT2D eigenvalue weighted by Gasteiger charge is -2.24. The van der Waals surface area contributed by atoms with Crippen LogP contribution in [0.4, 0.5) is 0 Å². The lowest BCUT2D eigenvalue weighted by Crippen LogP contribution is -2.15. The van der Waals surface area contributed by atoms with Gasteiger partial charge in [-0.1, -0.05) is 34.1 Å². The third kappa shape index (κ3) is 5.50. The molecule has 2 N–H and O–H groups in total. The van der Waals surface area contributed by atoms with Gasteiger partial charge in [0.05, 0.1) is 0 Å². The van der Waals surface area contributed by atoms with Crippen LogP contribution in [0.1, 0.15) is 61.3 Å². The molecule has 4 nitrogen and oxygen atoms in total. The third-order valence-corrected chi connectivity index (χ3v) is 3.69. The van der Waals surface area contributed by atoms with Gasteiger partial charge in [-0.2, -0.15) is 0 Å². The van der Waals surface area contributed by atoms with Gasteiger partial charge in [0.25, 0.3) is 5.91 Å². The standard InChI is InChI=1S/C17H24N2O2/c1-5-17(3,4)10-12(2)11-19-16(21)14-8-6-13(7-9-14)15(18)20/h6-9,11-12H,5,10H2,1-4H3,(H2,18,20). The Kier molecular flexibility index (Phi) is 5.82. The molecule has 1 rings (SSSR count). The number of benzene rings is 1. The van der Waals surface area contributed by atoms with Crippen molar-refractivity contribution in [3.05, 3.63) is 35.4 Å². The van der Waals surface area contributed by atoms with Gasteiger partial charge < -0.3 is 5.73 Å². The van der Waals surface area contributed by atoms with E-state index in [0.717, 1.165) is 12.8 Å². The molecule has 0 radical (unpaired) electrons. The van der Waals surface area contributed by atoms with Crippen LogP contribution in [-0.2, 0) is 0 Å². The molecule has 0 saturated carbocycles. The maximum Gasteiger partial charge on any atom is 0.276 e. The van der Waals surface area contributed by atoms with Crippen LogP contribution in [0.25, 0.3) is 0 Å². The van der Waals surface area contributed by atoms with Gasteiger partial charge in [0.15, 0.2) is 0 Å². The summed E-state index contributed by atoms with van der Waals surface area (Å²) in [5.74, 6) is -0.561. The second kappa shape index (κ2) is 7.16. The van der Waals surface area contributed by atoms with Gasteiger partial charge in [-0.05, 0) is 42.0 Å². The van der Waals surface area contributed by atoms with Crippen LogP contribution in [0.5, 0.6) is 0 Å². The Labute approximate surface area is 126 Å². The van der Waals surface area contributed by atoms with Crippen LogP contribution in [0.2, 0.25) is 0 Å². The highest BCUT2D eigenvalue weighted by atomic mass is 16.1. The summed E-state index contributed by atoms with van der Waals surface area (Å²) in [7, 11) is 0. The Hall–Kier alpha value is -1.97. The Morgan fingerprint density at radius 3 is 2.24 bits per heavy atom. The summed E-state index contributed by atoms with van der Waals surface area (Å²) in [5.41, 5.74) is 6.24. The summed E-state index contributed by atoms with van der Waals surface area (Å²) in [4.78, 5) is 26.9. The SMILES string of the molecule is CCC(C)(C)CC(C)C=NC(=O)c1ccc(C(N)=O)cc1. The fraction of sp³-hybridized carbons (Fsp3) is 0.471. The first-order chi connectivity index (χ1) is 9.75. The lowest BCUT2D eigenvalue weighted by atomic mass is 9.81. The van der Waals surface area contributed by atoms with Crippen LogP contribution >= 0.6 is 0 Å². The van der Waals surface area contributed by atoms with Gasteiger partial charge in [0.1, 0.15) is 0 Å². The molecule has 0 heterocycles. The summed E-state index contributed by atoms with van der Waals surface area (Å²) in [6.45, 7) is 8.64. The molecule has 21 heavy (non-hydrogen) atoms. The average molecular weight is 288 g/mol. The van der Waals surface area contributed by atoms with Crippen LogP contribution in [0, 0.1) is 11.3 Å². The number of rotatable bonds is 6. The summed E-state index contributed by atoms with van der Waals surface area (Å²) >= 11 is 0. The van der Waals surface area contributed by atoms with Crippen molar-refractivity contribution in [1.29, 1.82) is 0 Å². The van der Waals surface area contributed by atoms with Gasteiger partial charge in [0, 0.05) is 17.3 Å². The Morgan fingerprint density at radius 1 is 1.24 bits per heavy atom. The minimum Gasteiger partial charge on any atom is -0.366 e. The molecule has 4 heteroatoms. The van der Waals surface area contributed by atoms with Gasteiger partial charge in [-0.3, -0.25) is 9.59 Å². The minimum absolute atomic E-state index is 0.244. The highest BCUT2D eigenvalue weighted by molar-refractivity contribution is 6.00. The molecule has 1 aromatic carbocycles. The molecule has 1 aromatic rings. The van der Waals surface area contributed by atoms with Crippen LogP contribution in [-0.4, -0.2) is 18.0 Å². The number of nitrogens with zero attached hydrogens (tertiary/aromatic N) is 1. The van der Waals surface area contributed by atoms with Crippen molar-refractivity contribution in [1.82, 2.24) is 0 Å². The number of carbonyl (C=O) groups is 2. The van der Waals surface area contributed by atoms with E-state index in [0.29, 0.717) is 11.1 Å². The zero-order valence-electron chi connectivity index (χ0n) is 13.2. The molecule has 1 unspecified atom stereocenters. The highest BCUT2D eigenvalue weighted by Crippen LogP contribution is 2.28. The van der Waals surface area contributed by atoms with Crippen LogP contribution in [0.3, 0.4) is 0 Å². The van der Waals surface area contributed by atoms with Crippen molar-refractivity contribution in [2.75, 3.05) is 0 Å². The monoisotopic (exact) mass is 288 g/mol. The molecular weight excluding hydrogens is 264 g/mol. The Morgan fingerprint density at radius 2 is 1.76 bits per heavy atom. The number of nitrogens with two attached hydrogens (primary N) is 1. The van der Waals surface area contributed by atoms with E-state index in [1.807, 2.05) is 0 Å². The minimum atomic E-state index is -0.507. The summed E-state index contributed by atoms with van der Waals surface area (Å²) in [5, 5.41) is 0. The number of primary amides is 1. The second-order valence-electron chi connectivity index (χ2n) is 6.22. The van der Waals surface area contributed by atoms with Gasteiger partial charge in [-0.25, -0.2) is 4.99 Å². The van der Waals surface area contributed by atoms with E-state index in [1.54, 1.807) is 18.3 Å². The van der Waals surface area contributed by atoms with E-state index in [-0.39, 0.29) is 17.2 Å². The normalized spacial score (nSPS) is 13.3. The molecular formula is C17H24N2O2. The third-order valence-electron chi connectivity index (χ3n) is 3.69. The molecule has 0 fully saturated rings. The molecule has 2 amide bonds. The molecule has 1 atom stereocenters. The zero-order chi connectivity index (χ0) is 16.0. The van der Waals surface area contributed by atoms with Crippen molar-refractivity contribution in [2.24, 2.45) is 22.1 Å². The molecule has 0 aliphatic rings. The highest BCUT2D eigenvalue weighted by Gasteiger charge is 2.18. The first-order valence-corrected chi connectivity index (χ1v) is 7.23. The quantitative estimate of drug-likeness (QED) is 0.814. The van der Waals surface area contributed by atoms with Gasteiger partial charge in [-0.15, -0.1) is 0 Å². The van der Waals surface area contributed by atoms with Crippen molar-refractivity contribution in [2.45, 2.75) is 40.5 Å². The van der Waals surface area contributed by atoms with Gasteiger partial charge >= 0.3 is 0 Å². The number of amides is 2. The lowest BCUT2D eigenvalue weighted by molar-refractivity contribution is 0.0989. The topological polar surface area (TPSA) is 72.5 Å². The molecule has 114 valence electrons. The van der Waals surface area contributed by atoms with E-state index in [1.165, 1.54) is 12.1 Å². The average Bonchev–Trinajstić information content (AvgIpc) is 2.44. The summed E-state index contributed by atoms with van der Waals surface area (Å²) in [6.07, 6.45) is 3.79. The first kappa shape index (κ1) is 17.1. The van der Waals surface area contributed by atoms with E-state index in [2.05, 4.69) is 32.7 Å². The summed E-state index contributed by atoms with van der Waals surface area (Å²) in [6, 6.07) is 6.21. The largest absolute Gasteiger partial charge is 0.366 e. The van der Waals surface area contributed by atoms with Crippen molar-refractivity contribution in [3.8, 4) is 0 Å². The van der Waals surface area contributed by atoms with E-state index >= 15 is 0 Å². The van der Waals surface area contributed by atoms with Crippen molar-refractivity contribution in [3.63, 3.8) is 0 Å². The maximum atomic E-state index is 12.0. The predicted octanol–water partition coefficient (Wildman–Crippen LogP) is 3.46. The summed E-state index contributed by atoms with van der Waals surface area (Å²) < 4.78 is 0. The van der Waals surface area contributed by atoms with Crippen LogP contribution in [0.15, 0.2) is 29.3 Å².